The average Bonchev–Trinajstić information content (AvgIpc) is 3.35. The lowest BCUT2D eigenvalue weighted by atomic mass is 10.1. The van der Waals surface area contributed by atoms with Gasteiger partial charge in [0, 0.05) is 43.7 Å². The highest BCUT2D eigenvalue weighted by atomic mass is 16.6. The van der Waals surface area contributed by atoms with Crippen molar-refractivity contribution in [3.05, 3.63) is 124 Å². The molecule has 0 unspecified atom stereocenters. The van der Waals surface area contributed by atoms with Gasteiger partial charge >= 0.3 is 0 Å². The zero-order valence-electron chi connectivity index (χ0n) is 17.8. The van der Waals surface area contributed by atoms with Gasteiger partial charge in [-0.05, 0) is 28.8 Å². The van der Waals surface area contributed by atoms with E-state index in [-0.39, 0.29) is 17.2 Å². The normalized spacial score (nSPS) is 10.5. The van der Waals surface area contributed by atoms with Crippen molar-refractivity contribution in [3.63, 3.8) is 0 Å². The summed E-state index contributed by atoms with van der Waals surface area (Å²) in [5, 5.41) is 17.5. The molecule has 1 aromatic heterocycles. The van der Waals surface area contributed by atoms with Gasteiger partial charge in [-0.1, -0.05) is 54.6 Å². The first-order valence-electron chi connectivity index (χ1n) is 10.5. The van der Waals surface area contributed by atoms with Crippen LogP contribution in [0.5, 0.6) is 0 Å². The highest BCUT2D eigenvalue weighted by Gasteiger charge is 2.17. The highest BCUT2D eigenvalue weighted by Crippen LogP contribution is 2.26. The Hall–Kier alpha value is -4.46. The van der Waals surface area contributed by atoms with E-state index in [2.05, 4.69) is 15.6 Å². The summed E-state index contributed by atoms with van der Waals surface area (Å²) in [7, 11) is 0. The first kappa shape index (κ1) is 21.8. The molecule has 0 aliphatic carbocycles. The van der Waals surface area contributed by atoms with Gasteiger partial charge in [0.05, 0.1) is 11.3 Å². The van der Waals surface area contributed by atoms with E-state index in [9.17, 15) is 14.9 Å². The fourth-order valence-corrected chi connectivity index (χ4v) is 3.40. The molecule has 4 aromatic rings. The number of benzene rings is 3. The molecule has 8 nitrogen and oxygen atoms in total. The maximum atomic E-state index is 12.6. The van der Waals surface area contributed by atoms with Gasteiger partial charge in [-0.3, -0.25) is 14.9 Å². The first-order chi connectivity index (χ1) is 16.1. The van der Waals surface area contributed by atoms with E-state index < -0.39 is 4.92 Å². The standard InChI is InChI=1S/C25H23N5O3/c31-25(28-16-20-6-8-21(9-7-20)17-29-13-12-26-18-29)22-10-11-23(24(14-22)30(32)33)27-15-19-4-2-1-3-5-19/h1-14,18,27H,15-17H2,(H,28,31). The molecule has 0 aliphatic heterocycles. The van der Waals surface area contributed by atoms with E-state index in [1.54, 1.807) is 24.7 Å². The molecule has 4 rings (SSSR count). The van der Waals surface area contributed by atoms with Gasteiger partial charge in [0.25, 0.3) is 11.6 Å². The van der Waals surface area contributed by atoms with Gasteiger partial charge in [0.2, 0.25) is 0 Å². The Labute approximate surface area is 191 Å². The number of hydrogen-bond acceptors (Lipinski definition) is 5. The topological polar surface area (TPSA) is 102 Å². The Kier molecular flexibility index (Phi) is 6.75. The Balaban J connectivity index is 1.37. The number of imidazole rings is 1. The second-order valence-electron chi connectivity index (χ2n) is 7.56. The molecule has 1 heterocycles. The quantitative estimate of drug-likeness (QED) is 0.296. The van der Waals surface area contributed by atoms with Crippen molar-refractivity contribution in [2.24, 2.45) is 0 Å². The van der Waals surface area contributed by atoms with E-state index >= 15 is 0 Å². The Morgan fingerprint density at radius 1 is 0.939 bits per heavy atom. The molecule has 3 aromatic carbocycles. The molecular formula is C25H23N5O3. The van der Waals surface area contributed by atoms with E-state index in [1.165, 1.54) is 6.07 Å². The molecule has 2 N–H and O–H groups in total. The highest BCUT2D eigenvalue weighted by molar-refractivity contribution is 5.95. The molecule has 0 spiro atoms. The summed E-state index contributed by atoms with van der Waals surface area (Å²) in [6.07, 6.45) is 5.39. The summed E-state index contributed by atoms with van der Waals surface area (Å²) in [5.41, 5.74) is 3.54. The van der Waals surface area contributed by atoms with E-state index in [4.69, 9.17) is 0 Å². The summed E-state index contributed by atoms with van der Waals surface area (Å²) in [4.78, 5) is 27.7. The van der Waals surface area contributed by atoms with Gasteiger partial charge in [-0.15, -0.1) is 0 Å². The molecule has 0 fully saturated rings. The molecular weight excluding hydrogens is 418 g/mol. The van der Waals surface area contributed by atoms with Gasteiger partial charge in [0.15, 0.2) is 0 Å². The summed E-state index contributed by atoms with van der Waals surface area (Å²) in [5.74, 6) is -0.366. The minimum Gasteiger partial charge on any atom is -0.375 e. The molecule has 1 amide bonds. The van der Waals surface area contributed by atoms with Crippen molar-refractivity contribution in [3.8, 4) is 0 Å². The van der Waals surface area contributed by atoms with Crippen LogP contribution < -0.4 is 10.6 Å². The Morgan fingerprint density at radius 2 is 1.67 bits per heavy atom. The lowest BCUT2D eigenvalue weighted by Crippen LogP contribution is -2.23. The summed E-state index contributed by atoms with van der Waals surface area (Å²) < 4.78 is 1.97. The molecule has 0 radical (unpaired) electrons. The smallest absolute Gasteiger partial charge is 0.293 e. The predicted octanol–water partition coefficient (Wildman–Crippen LogP) is 4.38. The number of carbonyl (C=O) groups is 1. The Bertz CT molecular complexity index is 1220. The summed E-state index contributed by atoms with van der Waals surface area (Å²) in [6, 6.07) is 22.0. The minimum atomic E-state index is -0.483. The van der Waals surface area contributed by atoms with Crippen LogP contribution in [0.15, 0.2) is 91.5 Å². The zero-order chi connectivity index (χ0) is 23.0. The second-order valence-corrected chi connectivity index (χ2v) is 7.56. The van der Waals surface area contributed by atoms with Crippen molar-refractivity contribution in [1.29, 1.82) is 0 Å². The van der Waals surface area contributed by atoms with Gasteiger partial charge in [-0.2, -0.15) is 0 Å². The van der Waals surface area contributed by atoms with Crippen molar-refractivity contribution in [1.82, 2.24) is 14.9 Å². The van der Waals surface area contributed by atoms with Crippen molar-refractivity contribution in [2.75, 3.05) is 5.32 Å². The number of nitrogens with one attached hydrogen (secondary N) is 2. The van der Waals surface area contributed by atoms with Crippen molar-refractivity contribution < 1.29 is 9.72 Å². The van der Waals surface area contributed by atoms with E-state index in [1.807, 2.05) is 65.4 Å². The minimum absolute atomic E-state index is 0.137. The SMILES string of the molecule is O=C(NCc1ccc(Cn2ccnc2)cc1)c1ccc(NCc2ccccc2)c([N+](=O)[O-])c1. The lowest BCUT2D eigenvalue weighted by Gasteiger charge is -2.10. The maximum Gasteiger partial charge on any atom is 0.293 e. The number of hydrogen-bond donors (Lipinski definition) is 2. The third kappa shape index (κ3) is 5.82. The van der Waals surface area contributed by atoms with Crippen LogP contribution in [0.25, 0.3) is 0 Å². The number of rotatable bonds is 9. The number of amides is 1. The molecule has 0 atom stereocenters. The van der Waals surface area contributed by atoms with Crippen LogP contribution in [-0.4, -0.2) is 20.4 Å². The predicted molar refractivity (Wildman–Crippen MR) is 126 cm³/mol. The molecule has 8 heteroatoms. The number of nitrogens with zero attached hydrogens (tertiary/aromatic N) is 3. The number of anilines is 1. The van der Waals surface area contributed by atoms with Gasteiger partial charge in [-0.25, -0.2) is 4.98 Å². The van der Waals surface area contributed by atoms with Crippen LogP contribution in [-0.2, 0) is 19.6 Å². The number of carbonyl (C=O) groups excluding carboxylic acids is 1. The van der Waals surface area contributed by atoms with Crippen LogP contribution in [0.4, 0.5) is 11.4 Å². The number of nitro groups is 1. The monoisotopic (exact) mass is 441 g/mol. The molecule has 0 aliphatic rings. The molecule has 33 heavy (non-hydrogen) atoms. The van der Waals surface area contributed by atoms with Crippen LogP contribution in [0.2, 0.25) is 0 Å². The number of aromatic nitrogens is 2. The van der Waals surface area contributed by atoms with Crippen LogP contribution in [0.1, 0.15) is 27.0 Å². The average molecular weight is 441 g/mol. The second kappa shape index (κ2) is 10.2. The van der Waals surface area contributed by atoms with Gasteiger partial charge < -0.3 is 15.2 Å². The summed E-state index contributed by atoms with van der Waals surface area (Å²) >= 11 is 0. The Morgan fingerprint density at radius 3 is 2.36 bits per heavy atom. The van der Waals surface area contributed by atoms with Crippen molar-refractivity contribution >= 4 is 17.3 Å². The van der Waals surface area contributed by atoms with Gasteiger partial charge in [0.1, 0.15) is 5.69 Å². The third-order valence-electron chi connectivity index (χ3n) is 5.18. The largest absolute Gasteiger partial charge is 0.375 e. The summed E-state index contributed by atoms with van der Waals surface area (Å²) in [6.45, 7) is 1.50. The molecule has 0 bridgehead atoms. The third-order valence-corrected chi connectivity index (χ3v) is 5.18. The zero-order valence-corrected chi connectivity index (χ0v) is 17.8. The van der Waals surface area contributed by atoms with Crippen LogP contribution in [0, 0.1) is 10.1 Å². The number of nitro benzene ring substituents is 1. The first-order valence-corrected chi connectivity index (χ1v) is 10.5. The fourth-order valence-electron chi connectivity index (χ4n) is 3.40. The molecule has 166 valence electrons. The van der Waals surface area contributed by atoms with Crippen LogP contribution in [0.3, 0.4) is 0 Å². The fraction of sp³-hybridized carbons (Fsp3) is 0.120. The van der Waals surface area contributed by atoms with E-state index in [0.717, 1.165) is 23.2 Å². The van der Waals surface area contributed by atoms with Crippen molar-refractivity contribution in [2.45, 2.75) is 19.6 Å². The van der Waals surface area contributed by atoms with E-state index in [0.29, 0.717) is 18.8 Å². The van der Waals surface area contributed by atoms with Crippen LogP contribution >= 0.6 is 0 Å². The lowest BCUT2D eigenvalue weighted by molar-refractivity contribution is -0.384. The molecule has 0 saturated carbocycles. The maximum absolute atomic E-state index is 12.6. The molecule has 0 saturated heterocycles.